The molecule has 2 aromatic carbocycles. The van der Waals surface area contributed by atoms with Crippen molar-refractivity contribution < 1.29 is 23.9 Å². The average molecular weight is 566 g/mol. The van der Waals surface area contributed by atoms with Gasteiger partial charge in [0.25, 0.3) is 0 Å². The van der Waals surface area contributed by atoms with Gasteiger partial charge in [0.1, 0.15) is 9.57 Å². The predicted molar refractivity (Wildman–Crippen MR) is 144 cm³/mol. The minimum absolute atomic E-state index is 0.0661. The molecule has 0 spiro atoms. The molecule has 2 aliphatic rings. The van der Waals surface area contributed by atoms with Crippen LogP contribution in [-0.2, 0) is 14.3 Å². The number of ether oxygens (including phenoxy) is 1. The summed E-state index contributed by atoms with van der Waals surface area (Å²) in [5, 5.41) is -0.0125. The molecule has 0 saturated carbocycles. The highest BCUT2D eigenvalue weighted by Crippen LogP contribution is 2.32. The Bertz CT molecular complexity index is 1220. The second kappa shape index (κ2) is 11.7. The van der Waals surface area contributed by atoms with Crippen LogP contribution in [0.2, 0.25) is 10.0 Å². The van der Waals surface area contributed by atoms with Gasteiger partial charge in [-0.3, -0.25) is 14.4 Å². The first-order valence-corrected chi connectivity index (χ1v) is 13.4. The van der Waals surface area contributed by atoms with Crippen molar-refractivity contribution in [2.45, 2.75) is 30.9 Å². The van der Waals surface area contributed by atoms with E-state index < -0.39 is 23.6 Å². The number of imide groups is 1. The number of likely N-dealkylation sites (tertiary alicyclic amines) is 1. The fourth-order valence-electron chi connectivity index (χ4n) is 3.99. The molecule has 2 heterocycles. The van der Waals surface area contributed by atoms with Gasteiger partial charge in [-0.15, -0.1) is 0 Å². The number of piperidine rings is 1. The Morgan fingerprint density at radius 1 is 1.03 bits per heavy atom. The zero-order chi connectivity index (χ0) is 25.8. The molecule has 188 valence electrons. The number of esters is 1. The van der Waals surface area contributed by atoms with Crippen molar-refractivity contribution in [3.8, 4) is 0 Å². The van der Waals surface area contributed by atoms with Crippen LogP contribution in [-0.4, -0.2) is 57.7 Å². The molecule has 7 nitrogen and oxygen atoms in total. The average Bonchev–Trinajstić information content (AvgIpc) is 3.15. The highest BCUT2D eigenvalue weighted by molar-refractivity contribution is 8.23. The smallest absolute Gasteiger partial charge is 0.338 e. The summed E-state index contributed by atoms with van der Waals surface area (Å²) in [7, 11) is 0. The molecule has 2 aromatic rings. The number of ketones is 1. The van der Waals surface area contributed by atoms with Crippen LogP contribution < -0.4 is 4.90 Å². The molecule has 4 rings (SSSR count). The van der Waals surface area contributed by atoms with Crippen LogP contribution in [0.1, 0.15) is 46.4 Å². The van der Waals surface area contributed by atoms with Crippen molar-refractivity contribution in [1.29, 1.82) is 0 Å². The van der Waals surface area contributed by atoms with Crippen LogP contribution in [0.3, 0.4) is 0 Å². The number of nitrogens with zero attached hydrogens (tertiary/aromatic N) is 2. The Morgan fingerprint density at radius 2 is 1.72 bits per heavy atom. The predicted octanol–water partition coefficient (Wildman–Crippen LogP) is 5.17. The van der Waals surface area contributed by atoms with Crippen LogP contribution >= 0.6 is 47.2 Å². The summed E-state index contributed by atoms with van der Waals surface area (Å²) in [6, 6.07) is 10.3. The Hall–Kier alpha value is -2.46. The van der Waals surface area contributed by atoms with Crippen LogP contribution in [0, 0.1) is 0 Å². The maximum Gasteiger partial charge on any atom is 0.338 e. The van der Waals surface area contributed by atoms with Gasteiger partial charge >= 0.3 is 5.97 Å². The molecule has 2 aliphatic heterocycles. The molecule has 0 aliphatic carbocycles. The number of benzene rings is 2. The molecule has 0 unspecified atom stereocenters. The third-order valence-electron chi connectivity index (χ3n) is 5.89. The standard InChI is InChI=1S/C25H22Cl2N2O5S2/c26-16-6-9-18(19(27)12-16)20(30)14-34-24(33)15-4-7-17(8-5-15)29-22(31)13-21(23(29)32)36-25(35)28-10-2-1-3-11-28/h4-9,12,21H,1-3,10-11,13-14H2/t21-/m1/s1. The first-order chi connectivity index (χ1) is 17.2. The van der Waals surface area contributed by atoms with Crippen LogP contribution in [0.15, 0.2) is 42.5 Å². The lowest BCUT2D eigenvalue weighted by atomic mass is 10.1. The van der Waals surface area contributed by atoms with Gasteiger partial charge in [-0.1, -0.05) is 47.2 Å². The summed E-state index contributed by atoms with van der Waals surface area (Å²) in [5.41, 5.74) is 0.727. The third-order valence-corrected chi connectivity index (χ3v) is 8.10. The zero-order valence-corrected chi connectivity index (χ0v) is 22.2. The number of anilines is 1. The fraction of sp³-hybridized carbons (Fsp3) is 0.320. The molecule has 2 amide bonds. The Balaban J connectivity index is 1.35. The van der Waals surface area contributed by atoms with E-state index in [1.807, 2.05) is 0 Å². The van der Waals surface area contributed by atoms with Gasteiger partial charge < -0.3 is 9.64 Å². The maximum absolute atomic E-state index is 13.0. The van der Waals surface area contributed by atoms with Crippen molar-refractivity contribution in [3.05, 3.63) is 63.6 Å². The first kappa shape index (κ1) is 26.6. The lowest BCUT2D eigenvalue weighted by molar-refractivity contribution is -0.121. The summed E-state index contributed by atoms with van der Waals surface area (Å²) in [6.45, 7) is 1.25. The number of hydrogen-bond donors (Lipinski definition) is 0. The number of thioether (sulfide) groups is 1. The van der Waals surface area contributed by atoms with Gasteiger partial charge in [-0.05, 0) is 61.7 Å². The lowest BCUT2D eigenvalue weighted by Gasteiger charge is -2.29. The Morgan fingerprint density at radius 3 is 2.39 bits per heavy atom. The topological polar surface area (TPSA) is 84.0 Å². The van der Waals surface area contributed by atoms with Crippen molar-refractivity contribution in [2.75, 3.05) is 24.6 Å². The number of Topliss-reactive ketones (excluding diaryl/α,β-unsaturated/α-hetero) is 1. The number of amides is 2. The molecule has 0 aromatic heterocycles. The minimum Gasteiger partial charge on any atom is -0.454 e. The SMILES string of the molecule is O=C(OCC(=O)c1ccc(Cl)cc1Cl)c1ccc(N2C(=O)C[C@@H](SC(=S)N3CCCCC3)C2=O)cc1. The highest BCUT2D eigenvalue weighted by Gasteiger charge is 2.41. The van der Waals surface area contributed by atoms with E-state index in [1.165, 1.54) is 60.6 Å². The van der Waals surface area contributed by atoms with Crippen molar-refractivity contribution in [3.63, 3.8) is 0 Å². The molecule has 2 fully saturated rings. The second-order valence-corrected chi connectivity index (χ2v) is 11.0. The van der Waals surface area contributed by atoms with Crippen LogP contribution in [0.4, 0.5) is 5.69 Å². The Labute approximate surface area is 228 Å². The summed E-state index contributed by atoms with van der Waals surface area (Å²) in [4.78, 5) is 53.5. The number of rotatable bonds is 6. The molecular weight excluding hydrogens is 543 g/mol. The highest BCUT2D eigenvalue weighted by atomic mass is 35.5. The number of carbonyl (C=O) groups is 4. The molecule has 0 radical (unpaired) electrons. The molecule has 1 atom stereocenters. The van der Waals surface area contributed by atoms with E-state index in [4.69, 9.17) is 40.2 Å². The van der Waals surface area contributed by atoms with Gasteiger partial charge in [-0.2, -0.15) is 0 Å². The maximum atomic E-state index is 13.0. The van der Waals surface area contributed by atoms with Gasteiger partial charge in [0.2, 0.25) is 17.6 Å². The van der Waals surface area contributed by atoms with E-state index in [2.05, 4.69) is 4.90 Å². The summed E-state index contributed by atoms with van der Waals surface area (Å²) in [5.74, 6) is -1.84. The van der Waals surface area contributed by atoms with Crippen LogP contribution in [0.5, 0.6) is 0 Å². The largest absolute Gasteiger partial charge is 0.454 e. The van der Waals surface area contributed by atoms with Crippen molar-refractivity contribution in [1.82, 2.24) is 4.90 Å². The first-order valence-electron chi connectivity index (χ1n) is 11.3. The van der Waals surface area contributed by atoms with Crippen LogP contribution in [0.25, 0.3) is 0 Å². The van der Waals surface area contributed by atoms with E-state index in [-0.39, 0.29) is 34.4 Å². The molecule has 0 bridgehead atoms. The summed E-state index contributed by atoms with van der Waals surface area (Å²) >= 11 is 18.6. The monoisotopic (exact) mass is 564 g/mol. The second-order valence-electron chi connectivity index (χ2n) is 8.36. The Kier molecular flexibility index (Phi) is 8.66. The molecule has 11 heteroatoms. The van der Waals surface area contributed by atoms with Crippen molar-refractivity contribution in [2.24, 2.45) is 0 Å². The molecule has 2 saturated heterocycles. The summed E-state index contributed by atoms with van der Waals surface area (Å²) < 4.78 is 5.75. The van der Waals surface area contributed by atoms with Gasteiger partial charge in [0.15, 0.2) is 6.61 Å². The molecular formula is C25H22Cl2N2O5S2. The number of thiocarbonyl (C=S) groups is 1. The van der Waals surface area contributed by atoms with E-state index in [0.29, 0.717) is 15.0 Å². The number of carbonyl (C=O) groups excluding carboxylic acids is 4. The van der Waals surface area contributed by atoms with Gasteiger partial charge in [0.05, 0.1) is 16.3 Å². The van der Waals surface area contributed by atoms with E-state index >= 15 is 0 Å². The van der Waals surface area contributed by atoms with Gasteiger partial charge in [-0.25, -0.2) is 9.69 Å². The van der Waals surface area contributed by atoms with Crippen molar-refractivity contribution >= 4 is 80.8 Å². The third kappa shape index (κ3) is 6.08. The number of hydrogen-bond acceptors (Lipinski definition) is 7. The van der Waals surface area contributed by atoms with Gasteiger partial charge in [0, 0.05) is 30.1 Å². The quantitative estimate of drug-likeness (QED) is 0.205. The van der Waals surface area contributed by atoms with E-state index in [9.17, 15) is 19.2 Å². The normalized spacial score (nSPS) is 17.9. The molecule has 36 heavy (non-hydrogen) atoms. The lowest BCUT2D eigenvalue weighted by Crippen LogP contribution is -2.35. The fourth-order valence-corrected chi connectivity index (χ4v) is 6.05. The van der Waals surface area contributed by atoms with E-state index in [0.717, 1.165) is 30.8 Å². The van der Waals surface area contributed by atoms with E-state index in [1.54, 1.807) is 0 Å². The minimum atomic E-state index is -0.723. The molecule has 0 N–H and O–H groups in total. The number of halogens is 2. The zero-order valence-electron chi connectivity index (χ0n) is 19.1. The summed E-state index contributed by atoms with van der Waals surface area (Å²) in [6.07, 6.45) is 3.38.